The van der Waals surface area contributed by atoms with Crippen molar-refractivity contribution in [1.29, 1.82) is 0 Å². The van der Waals surface area contributed by atoms with Crippen LogP contribution in [0.15, 0.2) is 84.4 Å². The highest BCUT2D eigenvalue weighted by molar-refractivity contribution is 6.51. The van der Waals surface area contributed by atoms with Crippen molar-refractivity contribution in [2.75, 3.05) is 18.6 Å². The van der Waals surface area contributed by atoms with Crippen LogP contribution < -0.4 is 14.4 Å². The number of carbonyl (C=O) groups excluding carboxylic acids is 2. The molecule has 0 radical (unpaired) electrons. The molecule has 1 N–H and O–H groups in total. The van der Waals surface area contributed by atoms with Crippen molar-refractivity contribution < 1.29 is 24.2 Å². The minimum Gasteiger partial charge on any atom is -0.507 e. The average Bonchev–Trinajstić information content (AvgIpc) is 3.13. The third kappa shape index (κ3) is 4.53. The van der Waals surface area contributed by atoms with Gasteiger partial charge in [-0.05, 0) is 47.9 Å². The highest BCUT2D eigenvalue weighted by Crippen LogP contribution is 2.43. The van der Waals surface area contributed by atoms with Crippen LogP contribution in [0.1, 0.15) is 31.0 Å². The quantitative estimate of drug-likeness (QED) is 0.294. The molecule has 1 fully saturated rings. The molecule has 0 aliphatic carbocycles. The molecule has 6 nitrogen and oxygen atoms in total. The van der Waals surface area contributed by atoms with Gasteiger partial charge in [0.05, 0.1) is 25.3 Å². The third-order valence-corrected chi connectivity index (χ3v) is 5.60. The Morgan fingerprint density at radius 1 is 0.941 bits per heavy atom. The molecule has 1 aliphatic rings. The molecule has 0 spiro atoms. The Hall–Kier alpha value is -4.06. The van der Waals surface area contributed by atoms with E-state index in [1.54, 1.807) is 73.8 Å². The Bertz CT molecular complexity index is 1220. The molecule has 1 atom stereocenters. The number of aliphatic hydroxyl groups is 1. The van der Waals surface area contributed by atoms with Crippen molar-refractivity contribution in [3.8, 4) is 11.5 Å². The number of rotatable bonds is 7. The number of carbonyl (C=O) groups is 2. The summed E-state index contributed by atoms with van der Waals surface area (Å²) in [5.41, 5.74) is 1.67. The van der Waals surface area contributed by atoms with Crippen LogP contribution in [-0.2, 0) is 9.59 Å². The summed E-state index contributed by atoms with van der Waals surface area (Å²) in [6.45, 7) is 4.70. The van der Waals surface area contributed by atoms with Gasteiger partial charge in [-0.2, -0.15) is 0 Å². The van der Waals surface area contributed by atoms with Crippen LogP contribution in [0.4, 0.5) is 5.69 Å². The Kier molecular flexibility index (Phi) is 6.68. The van der Waals surface area contributed by atoms with E-state index in [1.165, 1.54) is 4.90 Å². The molecule has 1 heterocycles. The number of Topliss-reactive ketones (excluding diaryl/α,β-unsaturated/α-hetero) is 1. The van der Waals surface area contributed by atoms with Gasteiger partial charge < -0.3 is 14.6 Å². The second-order valence-electron chi connectivity index (χ2n) is 8.51. The molecule has 6 heteroatoms. The number of nitrogens with zero attached hydrogens (tertiary/aromatic N) is 1. The number of methoxy groups -OCH3 is 1. The van der Waals surface area contributed by atoms with E-state index in [1.807, 2.05) is 12.1 Å². The van der Waals surface area contributed by atoms with Crippen molar-refractivity contribution in [2.24, 2.45) is 5.92 Å². The SMILES string of the molecule is COc1cccc(C2/C(=C(/O)c3ccccc3)C(=O)C(=O)N2c2ccc(OCC(C)C)cc2)c1. The van der Waals surface area contributed by atoms with Crippen LogP contribution in [-0.4, -0.2) is 30.5 Å². The van der Waals surface area contributed by atoms with Gasteiger partial charge in [-0.15, -0.1) is 0 Å². The van der Waals surface area contributed by atoms with E-state index in [0.717, 1.165) is 0 Å². The van der Waals surface area contributed by atoms with E-state index >= 15 is 0 Å². The fraction of sp³-hybridized carbons (Fsp3) is 0.214. The van der Waals surface area contributed by atoms with Gasteiger partial charge in [-0.25, -0.2) is 0 Å². The Morgan fingerprint density at radius 3 is 2.29 bits per heavy atom. The van der Waals surface area contributed by atoms with Crippen LogP contribution in [0.25, 0.3) is 5.76 Å². The lowest BCUT2D eigenvalue weighted by Crippen LogP contribution is -2.29. The van der Waals surface area contributed by atoms with E-state index in [4.69, 9.17) is 9.47 Å². The molecule has 1 amide bonds. The zero-order valence-corrected chi connectivity index (χ0v) is 19.4. The fourth-order valence-electron chi connectivity index (χ4n) is 3.94. The third-order valence-electron chi connectivity index (χ3n) is 5.60. The number of hydrogen-bond donors (Lipinski definition) is 1. The van der Waals surface area contributed by atoms with Crippen LogP contribution in [0.3, 0.4) is 0 Å². The summed E-state index contributed by atoms with van der Waals surface area (Å²) in [6, 6.07) is 22.1. The highest BCUT2D eigenvalue weighted by Gasteiger charge is 2.47. The normalized spacial score (nSPS) is 17.3. The molecule has 0 aromatic heterocycles. The summed E-state index contributed by atoms with van der Waals surface area (Å²) in [4.78, 5) is 27.9. The van der Waals surface area contributed by atoms with Gasteiger partial charge in [0.25, 0.3) is 11.7 Å². The molecule has 3 aromatic rings. The standard InChI is InChI=1S/C28H27NO5/c1-18(2)17-34-22-14-12-21(13-15-22)29-25(20-10-7-11-23(16-20)33-3)24(27(31)28(29)32)26(30)19-8-5-4-6-9-19/h4-16,18,25,30H,17H2,1-3H3/b26-24-. The summed E-state index contributed by atoms with van der Waals surface area (Å²) in [5.74, 6) is -0.0262. The first-order chi connectivity index (χ1) is 16.4. The molecule has 0 bridgehead atoms. The maximum Gasteiger partial charge on any atom is 0.300 e. The lowest BCUT2D eigenvalue weighted by atomic mass is 9.95. The number of aliphatic hydroxyl groups excluding tert-OH is 1. The monoisotopic (exact) mass is 457 g/mol. The molecular weight excluding hydrogens is 430 g/mol. The lowest BCUT2D eigenvalue weighted by Gasteiger charge is -2.26. The van der Waals surface area contributed by atoms with E-state index in [2.05, 4.69) is 13.8 Å². The van der Waals surface area contributed by atoms with Crippen molar-refractivity contribution in [3.05, 3.63) is 95.6 Å². The predicted molar refractivity (Wildman–Crippen MR) is 131 cm³/mol. The van der Waals surface area contributed by atoms with Gasteiger partial charge in [0, 0.05) is 11.3 Å². The maximum atomic E-state index is 13.3. The molecule has 174 valence electrons. The largest absolute Gasteiger partial charge is 0.507 e. The Morgan fingerprint density at radius 2 is 1.65 bits per heavy atom. The minimum absolute atomic E-state index is 0.0320. The van der Waals surface area contributed by atoms with Crippen molar-refractivity contribution in [1.82, 2.24) is 0 Å². The maximum absolute atomic E-state index is 13.3. The first-order valence-corrected chi connectivity index (χ1v) is 11.1. The van der Waals surface area contributed by atoms with Crippen molar-refractivity contribution in [3.63, 3.8) is 0 Å². The van der Waals surface area contributed by atoms with Crippen LogP contribution in [0.2, 0.25) is 0 Å². The van der Waals surface area contributed by atoms with E-state index in [0.29, 0.717) is 40.8 Å². The van der Waals surface area contributed by atoms with Crippen LogP contribution >= 0.6 is 0 Å². The van der Waals surface area contributed by atoms with Gasteiger partial charge in [0.1, 0.15) is 17.3 Å². The van der Waals surface area contributed by atoms with Crippen molar-refractivity contribution in [2.45, 2.75) is 19.9 Å². The number of ketones is 1. The van der Waals surface area contributed by atoms with Gasteiger partial charge in [-0.3, -0.25) is 14.5 Å². The number of anilines is 1. The Labute approximate surface area is 199 Å². The number of ether oxygens (including phenoxy) is 2. The zero-order valence-electron chi connectivity index (χ0n) is 19.4. The smallest absolute Gasteiger partial charge is 0.300 e. The Balaban J connectivity index is 1.83. The van der Waals surface area contributed by atoms with Gasteiger partial charge in [-0.1, -0.05) is 56.3 Å². The molecule has 1 saturated heterocycles. The summed E-state index contributed by atoms with van der Waals surface area (Å²) >= 11 is 0. The van der Waals surface area contributed by atoms with E-state index in [9.17, 15) is 14.7 Å². The molecule has 4 rings (SSSR count). The van der Waals surface area contributed by atoms with Crippen LogP contribution in [0, 0.1) is 5.92 Å². The average molecular weight is 458 g/mol. The summed E-state index contributed by atoms with van der Waals surface area (Å²) in [5, 5.41) is 11.1. The van der Waals surface area contributed by atoms with Crippen molar-refractivity contribution >= 4 is 23.1 Å². The molecule has 0 saturated carbocycles. The highest BCUT2D eigenvalue weighted by atomic mass is 16.5. The second-order valence-corrected chi connectivity index (χ2v) is 8.51. The van der Waals surface area contributed by atoms with Gasteiger partial charge in [0.15, 0.2) is 0 Å². The first-order valence-electron chi connectivity index (χ1n) is 11.1. The lowest BCUT2D eigenvalue weighted by molar-refractivity contribution is -0.132. The predicted octanol–water partition coefficient (Wildman–Crippen LogP) is 5.36. The number of amides is 1. The molecular formula is C28H27NO5. The van der Waals surface area contributed by atoms with Gasteiger partial charge >= 0.3 is 0 Å². The van der Waals surface area contributed by atoms with E-state index < -0.39 is 17.7 Å². The molecule has 1 unspecified atom stereocenters. The molecule has 3 aromatic carbocycles. The van der Waals surface area contributed by atoms with Crippen LogP contribution in [0.5, 0.6) is 11.5 Å². The zero-order chi connectivity index (χ0) is 24.2. The summed E-state index contributed by atoms with van der Waals surface area (Å²) in [7, 11) is 1.55. The number of hydrogen-bond acceptors (Lipinski definition) is 5. The summed E-state index contributed by atoms with van der Waals surface area (Å²) < 4.78 is 11.1. The van der Waals surface area contributed by atoms with E-state index in [-0.39, 0.29) is 11.3 Å². The topological polar surface area (TPSA) is 76.1 Å². The number of benzene rings is 3. The second kappa shape index (κ2) is 9.83. The molecule has 1 aliphatic heterocycles. The minimum atomic E-state index is -0.822. The summed E-state index contributed by atoms with van der Waals surface area (Å²) in [6.07, 6.45) is 0. The van der Waals surface area contributed by atoms with Gasteiger partial charge in [0.2, 0.25) is 0 Å². The first kappa shape index (κ1) is 23.1. The fourth-order valence-corrected chi connectivity index (χ4v) is 3.94. The molecule has 34 heavy (non-hydrogen) atoms.